The van der Waals surface area contributed by atoms with E-state index in [0.29, 0.717) is 5.75 Å². The van der Waals surface area contributed by atoms with Crippen LogP contribution in [0.5, 0.6) is 0 Å². The second-order valence-electron chi connectivity index (χ2n) is 3.94. The zero-order valence-electron chi connectivity index (χ0n) is 9.50. The van der Waals surface area contributed by atoms with E-state index in [-0.39, 0.29) is 18.1 Å². The highest BCUT2D eigenvalue weighted by molar-refractivity contribution is 7.98. The van der Waals surface area contributed by atoms with Crippen molar-refractivity contribution in [2.75, 3.05) is 12.4 Å². The average Bonchev–Trinajstić information content (AvgIpc) is 2.77. The van der Waals surface area contributed by atoms with Crippen LogP contribution in [0.15, 0.2) is 22.4 Å². The molecular weight excluding hydrogens is 256 g/mol. The Kier molecular flexibility index (Phi) is 4.20. The van der Waals surface area contributed by atoms with E-state index in [0.717, 1.165) is 16.4 Å². The molecule has 0 saturated carbocycles. The summed E-state index contributed by atoms with van der Waals surface area (Å²) >= 11 is 3.16. The zero-order chi connectivity index (χ0) is 12.3. The van der Waals surface area contributed by atoms with Gasteiger partial charge in [-0.1, -0.05) is 6.92 Å². The number of thioether (sulfide) groups is 1. The van der Waals surface area contributed by atoms with E-state index in [1.807, 2.05) is 12.3 Å². The van der Waals surface area contributed by atoms with E-state index >= 15 is 0 Å². The van der Waals surface area contributed by atoms with Gasteiger partial charge in [0, 0.05) is 30.0 Å². The number of nitrogens with zero attached hydrogens (tertiary/aromatic N) is 2. The lowest BCUT2D eigenvalue weighted by molar-refractivity contribution is 0.250. The topological polar surface area (TPSA) is 54.6 Å². The molecule has 6 heteroatoms. The molecule has 0 aliphatic heterocycles. The molecule has 2 aromatic rings. The van der Waals surface area contributed by atoms with Gasteiger partial charge in [-0.3, -0.25) is 9.20 Å². The molecule has 0 bridgehead atoms. The summed E-state index contributed by atoms with van der Waals surface area (Å²) in [5.74, 6) is 1.88. The van der Waals surface area contributed by atoms with Crippen molar-refractivity contribution >= 4 is 28.1 Å². The Bertz CT molecular complexity index is 550. The molecular formula is C11H14N2O2S2. The number of thiazole rings is 1. The van der Waals surface area contributed by atoms with E-state index < -0.39 is 0 Å². The number of rotatable bonds is 5. The first kappa shape index (κ1) is 12.6. The predicted octanol–water partition coefficient (Wildman–Crippen LogP) is 1.62. The van der Waals surface area contributed by atoms with Crippen molar-refractivity contribution in [3.05, 3.63) is 33.7 Å². The highest BCUT2D eigenvalue weighted by Crippen LogP contribution is 2.14. The Hall–Kier alpha value is -0.850. The van der Waals surface area contributed by atoms with E-state index in [9.17, 15) is 4.79 Å². The van der Waals surface area contributed by atoms with Crippen LogP contribution in [0.25, 0.3) is 4.96 Å². The second-order valence-corrected chi connectivity index (χ2v) is 5.85. The normalized spacial score (nSPS) is 13.1. The Morgan fingerprint density at radius 2 is 2.47 bits per heavy atom. The van der Waals surface area contributed by atoms with Gasteiger partial charge in [-0.05, 0) is 11.7 Å². The van der Waals surface area contributed by atoms with Gasteiger partial charge in [-0.2, -0.15) is 11.8 Å². The van der Waals surface area contributed by atoms with Gasteiger partial charge in [0.05, 0.1) is 5.69 Å². The third-order valence-electron chi connectivity index (χ3n) is 2.32. The van der Waals surface area contributed by atoms with Gasteiger partial charge in [-0.25, -0.2) is 4.98 Å². The molecule has 0 amide bonds. The lowest BCUT2D eigenvalue weighted by Gasteiger charge is -2.06. The SMILES string of the molecule is CC(CO)CSCc1cc(=O)n2ccsc2n1. The summed E-state index contributed by atoms with van der Waals surface area (Å²) in [7, 11) is 0. The fourth-order valence-electron chi connectivity index (χ4n) is 1.38. The van der Waals surface area contributed by atoms with Crippen LogP contribution in [0.3, 0.4) is 0 Å². The van der Waals surface area contributed by atoms with Gasteiger partial charge in [0.1, 0.15) is 0 Å². The van der Waals surface area contributed by atoms with Crippen LogP contribution in [-0.2, 0) is 5.75 Å². The monoisotopic (exact) mass is 270 g/mol. The van der Waals surface area contributed by atoms with Gasteiger partial charge >= 0.3 is 0 Å². The van der Waals surface area contributed by atoms with Crippen molar-refractivity contribution in [3.63, 3.8) is 0 Å². The lowest BCUT2D eigenvalue weighted by atomic mass is 10.2. The molecule has 0 spiro atoms. The molecule has 0 radical (unpaired) electrons. The first-order valence-electron chi connectivity index (χ1n) is 5.35. The number of aromatic nitrogens is 2. The molecule has 4 nitrogen and oxygen atoms in total. The molecule has 2 rings (SSSR count). The quantitative estimate of drug-likeness (QED) is 0.897. The number of aliphatic hydroxyl groups is 1. The predicted molar refractivity (Wildman–Crippen MR) is 71.8 cm³/mol. The van der Waals surface area contributed by atoms with Gasteiger partial charge in [0.2, 0.25) is 0 Å². The molecule has 2 aromatic heterocycles. The first-order chi connectivity index (χ1) is 8.20. The maximum Gasteiger partial charge on any atom is 0.258 e. The van der Waals surface area contributed by atoms with E-state index in [1.54, 1.807) is 28.4 Å². The molecule has 0 aromatic carbocycles. The Morgan fingerprint density at radius 3 is 3.24 bits per heavy atom. The van der Waals surface area contributed by atoms with Crippen LogP contribution in [0.4, 0.5) is 0 Å². The number of fused-ring (bicyclic) bond motifs is 1. The summed E-state index contributed by atoms with van der Waals surface area (Å²) in [6, 6.07) is 1.58. The summed E-state index contributed by atoms with van der Waals surface area (Å²) in [6.45, 7) is 2.20. The largest absolute Gasteiger partial charge is 0.396 e. The maximum atomic E-state index is 11.7. The van der Waals surface area contributed by atoms with Gasteiger partial charge in [0.15, 0.2) is 4.96 Å². The van der Waals surface area contributed by atoms with Crippen LogP contribution >= 0.6 is 23.1 Å². The Balaban J connectivity index is 2.06. The molecule has 2 heterocycles. The molecule has 0 aliphatic carbocycles. The zero-order valence-corrected chi connectivity index (χ0v) is 11.1. The molecule has 92 valence electrons. The Labute approximate surface area is 107 Å². The van der Waals surface area contributed by atoms with Gasteiger partial charge in [-0.15, -0.1) is 11.3 Å². The summed E-state index contributed by atoms with van der Waals surface area (Å²) < 4.78 is 1.55. The molecule has 1 unspecified atom stereocenters. The Morgan fingerprint density at radius 1 is 1.65 bits per heavy atom. The lowest BCUT2D eigenvalue weighted by Crippen LogP contribution is -2.12. The molecule has 0 fully saturated rings. The van der Waals surface area contributed by atoms with Crippen LogP contribution in [0.1, 0.15) is 12.6 Å². The maximum absolute atomic E-state index is 11.7. The van der Waals surface area contributed by atoms with Crippen molar-refractivity contribution in [1.82, 2.24) is 9.38 Å². The third kappa shape index (κ3) is 3.08. The summed E-state index contributed by atoms with van der Waals surface area (Å²) in [5, 5.41) is 10.8. The minimum Gasteiger partial charge on any atom is -0.396 e. The van der Waals surface area contributed by atoms with Crippen molar-refractivity contribution in [3.8, 4) is 0 Å². The standard InChI is InChI=1S/C11H14N2O2S2/c1-8(5-14)6-16-7-9-4-10(15)13-2-3-17-11(13)12-9/h2-4,8,14H,5-7H2,1H3. The molecule has 1 N–H and O–H groups in total. The van der Waals surface area contributed by atoms with E-state index in [2.05, 4.69) is 4.98 Å². The van der Waals surface area contributed by atoms with E-state index in [4.69, 9.17) is 5.11 Å². The summed E-state index contributed by atoms with van der Waals surface area (Å²) in [5.41, 5.74) is 0.787. The highest BCUT2D eigenvalue weighted by atomic mass is 32.2. The molecule has 0 aliphatic rings. The smallest absolute Gasteiger partial charge is 0.258 e. The highest BCUT2D eigenvalue weighted by Gasteiger charge is 2.05. The minimum atomic E-state index is -0.0259. The average molecular weight is 270 g/mol. The number of hydrogen-bond acceptors (Lipinski definition) is 5. The minimum absolute atomic E-state index is 0.0259. The third-order valence-corrected chi connectivity index (χ3v) is 4.38. The van der Waals surface area contributed by atoms with Crippen LogP contribution in [-0.4, -0.2) is 26.9 Å². The number of aliphatic hydroxyl groups excluding tert-OH is 1. The van der Waals surface area contributed by atoms with Crippen molar-refractivity contribution < 1.29 is 5.11 Å². The van der Waals surface area contributed by atoms with Gasteiger partial charge < -0.3 is 5.11 Å². The van der Waals surface area contributed by atoms with Crippen LogP contribution in [0.2, 0.25) is 0 Å². The fourth-order valence-corrected chi connectivity index (χ4v) is 3.10. The van der Waals surface area contributed by atoms with Crippen molar-refractivity contribution in [2.45, 2.75) is 12.7 Å². The summed E-state index contributed by atoms with van der Waals surface area (Å²) in [6.07, 6.45) is 1.74. The van der Waals surface area contributed by atoms with Crippen molar-refractivity contribution in [2.24, 2.45) is 5.92 Å². The molecule has 1 atom stereocenters. The fraction of sp³-hybridized carbons (Fsp3) is 0.455. The summed E-state index contributed by atoms with van der Waals surface area (Å²) in [4.78, 5) is 16.9. The van der Waals surface area contributed by atoms with Gasteiger partial charge in [0.25, 0.3) is 5.56 Å². The van der Waals surface area contributed by atoms with Crippen LogP contribution < -0.4 is 5.56 Å². The van der Waals surface area contributed by atoms with Crippen molar-refractivity contribution in [1.29, 1.82) is 0 Å². The number of hydrogen-bond donors (Lipinski definition) is 1. The van der Waals surface area contributed by atoms with Crippen LogP contribution in [0, 0.1) is 5.92 Å². The van der Waals surface area contributed by atoms with E-state index in [1.165, 1.54) is 11.3 Å². The second kappa shape index (κ2) is 5.66. The first-order valence-corrected chi connectivity index (χ1v) is 7.38. The molecule has 17 heavy (non-hydrogen) atoms. The molecule has 0 saturated heterocycles.